The Labute approximate surface area is 197 Å². The van der Waals surface area contributed by atoms with Crippen LogP contribution < -0.4 is 4.74 Å². The molecule has 4 rings (SSSR count). The number of halogens is 3. The van der Waals surface area contributed by atoms with E-state index in [0.717, 1.165) is 12.0 Å². The first-order valence-electron chi connectivity index (χ1n) is 11.5. The fourth-order valence-electron chi connectivity index (χ4n) is 4.52. The first-order chi connectivity index (χ1) is 16.4. The molecule has 1 fully saturated rings. The number of ether oxygens (including phenoxy) is 2. The molecule has 3 aromatic carbocycles. The second-order valence-electron chi connectivity index (χ2n) is 8.61. The number of esters is 1. The molecule has 178 valence electrons. The SMILES string of the molecule is CCc1ccc(-c2ccc(C(=O)OC3CCC(c4ccc(OC)cc4F)CC3)c(F)c2F)cc1. The Morgan fingerprint density at radius 2 is 1.62 bits per heavy atom. The predicted octanol–water partition coefficient (Wildman–Crippen LogP) is 7.23. The summed E-state index contributed by atoms with van der Waals surface area (Å²) in [7, 11) is 1.49. The zero-order valence-corrected chi connectivity index (χ0v) is 19.2. The highest BCUT2D eigenvalue weighted by Crippen LogP contribution is 2.36. The van der Waals surface area contributed by atoms with E-state index in [4.69, 9.17) is 9.47 Å². The van der Waals surface area contributed by atoms with Crippen molar-refractivity contribution in [1.82, 2.24) is 0 Å². The van der Waals surface area contributed by atoms with Gasteiger partial charge in [0.05, 0.1) is 12.7 Å². The molecule has 3 nitrogen and oxygen atoms in total. The normalized spacial score (nSPS) is 17.9. The van der Waals surface area contributed by atoms with Gasteiger partial charge in [-0.1, -0.05) is 43.3 Å². The van der Waals surface area contributed by atoms with E-state index in [0.29, 0.717) is 42.6 Å². The maximum Gasteiger partial charge on any atom is 0.341 e. The largest absolute Gasteiger partial charge is 0.497 e. The third-order valence-corrected chi connectivity index (χ3v) is 6.57. The van der Waals surface area contributed by atoms with Crippen LogP contribution in [0.25, 0.3) is 11.1 Å². The molecule has 0 atom stereocenters. The zero-order chi connectivity index (χ0) is 24.2. The van der Waals surface area contributed by atoms with E-state index in [1.54, 1.807) is 24.3 Å². The molecule has 0 amide bonds. The molecule has 0 radical (unpaired) electrons. The fourth-order valence-corrected chi connectivity index (χ4v) is 4.52. The minimum atomic E-state index is -1.21. The predicted molar refractivity (Wildman–Crippen MR) is 125 cm³/mol. The Morgan fingerprint density at radius 1 is 0.912 bits per heavy atom. The van der Waals surface area contributed by atoms with Crippen LogP contribution in [-0.4, -0.2) is 19.2 Å². The second-order valence-corrected chi connectivity index (χ2v) is 8.61. The lowest BCUT2D eigenvalue weighted by Crippen LogP contribution is -2.25. The van der Waals surface area contributed by atoms with Gasteiger partial charge in [0.2, 0.25) is 0 Å². The lowest BCUT2D eigenvalue weighted by Gasteiger charge is -2.29. The summed E-state index contributed by atoms with van der Waals surface area (Å²) in [6.07, 6.45) is 2.73. The summed E-state index contributed by atoms with van der Waals surface area (Å²) in [5, 5.41) is 0. The molecule has 0 N–H and O–H groups in total. The van der Waals surface area contributed by atoms with Gasteiger partial charge >= 0.3 is 5.97 Å². The molecule has 1 aliphatic rings. The summed E-state index contributed by atoms with van der Waals surface area (Å²) in [5.41, 5.74) is 1.92. The highest BCUT2D eigenvalue weighted by molar-refractivity contribution is 5.90. The number of benzene rings is 3. The number of carbonyl (C=O) groups excluding carboxylic acids is 1. The maximum atomic E-state index is 14.8. The highest BCUT2D eigenvalue weighted by Gasteiger charge is 2.28. The lowest BCUT2D eigenvalue weighted by molar-refractivity contribution is 0.0188. The maximum absolute atomic E-state index is 14.8. The molecule has 0 heterocycles. The Morgan fingerprint density at radius 3 is 2.24 bits per heavy atom. The number of hydrogen-bond acceptors (Lipinski definition) is 3. The molecule has 0 aliphatic heterocycles. The Bertz CT molecular complexity index is 1170. The second kappa shape index (κ2) is 10.3. The smallest absolute Gasteiger partial charge is 0.341 e. The number of carbonyl (C=O) groups is 1. The van der Waals surface area contributed by atoms with Crippen molar-refractivity contribution in [3.05, 3.63) is 88.7 Å². The Balaban J connectivity index is 1.41. The van der Waals surface area contributed by atoms with Crippen LogP contribution >= 0.6 is 0 Å². The summed E-state index contributed by atoms with van der Waals surface area (Å²) in [6.45, 7) is 2.01. The molecule has 34 heavy (non-hydrogen) atoms. The van der Waals surface area contributed by atoms with E-state index >= 15 is 0 Å². The van der Waals surface area contributed by atoms with Crippen molar-refractivity contribution in [2.75, 3.05) is 7.11 Å². The van der Waals surface area contributed by atoms with Crippen LogP contribution in [0.1, 0.15) is 60.0 Å². The Hall–Kier alpha value is -3.28. The van der Waals surface area contributed by atoms with Crippen LogP contribution in [0, 0.1) is 17.5 Å². The monoisotopic (exact) mass is 468 g/mol. The summed E-state index contributed by atoms with van der Waals surface area (Å²) in [6, 6.07) is 14.7. The van der Waals surface area contributed by atoms with Gasteiger partial charge in [0, 0.05) is 11.6 Å². The lowest BCUT2D eigenvalue weighted by atomic mass is 9.82. The van der Waals surface area contributed by atoms with Crippen molar-refractivity contribution < 1.29 is 27.4 Å². The van der Waals surface area contributed by atoms with Crippen molar-refractivity contribution >= 4 is 5.97 Å². The number of aryl methyl sites for hydroxylation is 1. The average molecular weight is 469 g/mol. The van der Waals surface area contributed by atoms with Gasteiger partial charge in [0.25, 0.3) is 0 Å². The molecular formula is C28H27F3O3. The van der Waals surface area contributed by atoms with Crippen LogP contribution in [-0.2, 0) is 11.2 Å². The van der Waals surface area contributed by atoms with Gasteiger partial charge in [-0.3, -0.25) is 0 Å². The minimum Gasteiger partial charge on any atom is -0.497 e. The van der Waals surface area contributed by atoms with E-state index in [1.807, 2.05) is 19.1 Å². The standard InChI is InChI=1S/C28H27F3O3/c1-3-17-4-6-19(7-5-17)23-14-15-24(27(31)26(23)30)28(32)34-20-10-8-18(9-11-20)22-13-12-21(33-2)16-25(22)29/h4-7,12-16,18,20H,3,8-11H2,1-2H3. The van der Waals surface area contributed by atoms with Gasteiger partial charge in [-0.2, -0.15) is 0 Å². The molecule has 1 aliphatic carbocycles. The number of methoxy groups -OCH3 is 1. The van der Waals surface area contributed by atoms with Crippen LogP contribution in [0.15, 0.2) is 54.6 Å². The van der Waals surface area contributed by atoms with Gasteiger partial charge in [-0.25, -0.2) is 18.0 Å². The van der Waals surface area contributed by atoms with Crippen molar-refractivity contribution in [3.8, 4) is 16.9 Å². The van der Waals surface area contributed by atoms with E-state index in [1.165, 1.54) is 25.3 Å². The summed E-state index contributed by atoms with van der Waals surface area (Å²) in [4.78, 5) is 12.6. The van der Waals surface area contributed by atoms with Crippen LogP contribution in [0.3, 0.4) is 0 Å². The van der Waals surface area contributed by atoms with Crippen molar-refractivity contribution in [2.24, 2.45) is 0 Å². The third kappa shape index (κ3) is 4.96. The van der Waals surface area contributed by atoms with Crippen molar-refractivity contribution in [3.63, 3.8) is 0 Å². The first kappa shape index (κ1) is 23.9. The topological polar surface area (TPSA) is 35.5 Å². The average Bonchev–Trinajstić information content (AvgIpc) is 2.86. The van der Waals surface area contributed by atoms with Crippen molar-refractivity contribution in [1.29, 1.82) is 0 Å². The molecule has 1 saturated carbocycles. The summed E-state index contributed by atoms with van der Waals surface area (Å²) < 4.78 is 54.4. The first-order valence-corrected chi connectivity index (χ1v) is 11.5. The van der Waals surface area contributed by atoms with Gasteiger partial charge < -0.3 is 9.47 Å². The summed E-state index contributed by atoms with van der Waals surface area (Å²) in [5.74, 6) is -3.02. The van der Waals surface area contributed by atoms with Gasteiger partial charge in [0.15, 0.2) is 11.6 Å². The highest BCUT2D eigenvalue weighted by atomic mass is 19.2. The Kier molecular flexibility index (Phi) is 7.25. The fraction of sp³-hybridized carbons (Fsp3) is 0.321. The molecule has 0 unspecified atom stereocenters. The quantitative estimate of drug-likeness (QED) is 0.358. The van der Waals surface area contributed by atoms with Crippen LogP contribution in [0.5, 0.6) is 5.75 Å². The zero-order valence-electron chi connectivity index (χ0n) is 19.2. The number of hydrogen-bond donors (Lipinski definition) is 0. The molecule has 6 heteroatoms. The molecule has 3 aromatic rings. The van der Waals surface area contributed by atoms with E-state index < -0.39 is 29.3 Å². The van der Waals surface area contributed by atoms with Gasteiger partial charge in [-0.05, 0) is 66.8 Å². The number of rotatable bonds is 6. The van der Waals surface area contributed by atoms with E-state index in [-0.39, 0.29) is 17.3 Å². The van der Waals surface area contributed by atoms with Gasteiger partial charge in [-0.15, -0.1) is 0 Å². The van der Waals surface area contributed by atoms with Crippen LogP contribution in [0.2, 0.25) is 0 Å². The van der Waals surface area contributed by atoms with Crippen LogP contribution in [0.4, 0.5) is 13.2 Å². The van der Waals surface area contributed by atoms with Gasteiger partial charge in [0.1, 0.15) is 17.7 Å². The summed E-state index contributed by atoms with van der Waals surface area (Å²) >= 11 is 0. The minimum absolute atomic E-state index is 0.00780. The molecule has 0 bridgehead atoms. The molecular weight excluding hydrogens is 441 g/mol. The molecule has 0 aromatic heterocycles. The van der Waals surface area contributed by atoms with Crippen molar-refractivity contribution in [2.45, 2.75) is 51.0 Å². The molecule has 0 saturated heterocycles. The van der Waals surface area contributed by atoms with E-state index in [2.05, 4.69) is 0 Å². The van der Waals surface area contributed by atoms with E-state index in [9.17, 15) is 18.0 Å². The molecule has 0 spiro atoms. The third-order valence-electron chi connectivity index (χ3n) is 6.57.